The molecule has 3 rings (SSSR count). The Balaban J connectivity index is 0.000000614. The Morgan fingerprint density at radius 3 is 2.68 bits per heavy atom. The highest BCUT2D eigenvalue weighted by molar-refractivity contribution is 5.72. The van der Waals surface area contributed by atoms with E-state index in [0.717, 1.165) is 18.5 Å². The summed E-state index contributed by atoms with van der Waals surface area (Å²) in [4.78, 5) is 16.1. The van der Waals surface area contributed by atoms with Crippen LogP contribution in [0, 0.1) is 17.2 Å². The van der Waals surface area contributed by atoms with Crippen molar-refractivity contribution in [2.24, 2.45) is 5.92 Å². The van der Waals surface area contributed by atoms with Gasteiger partial charge in [0, 0.05) is 0 Å². The van der Waals surface area contributed by atoms with Crippen LogP contribution in [-0.2, 0) is 14.3 Å². The Labute approximate surface area is 181 Å². The van der Waals surface area contributed by atoms with Crippen molar-refractivity contribution in [1.82, 2.24) is 14.6 Å². The molecule has 0 aromatic carbocycles. The fourth-order valence-corrected chi connectivity index (χ4v) is 3.33. The molecule has 2 aromatic rings. The first-order chi connectivity index (χ1) is 14.5. The highest BCUT2D eigenvalue weighted by Gasteiger charge is 2.43. The molecule has 2 aromatic heterocycles. The first-order valence-corrected chi connectivity index (χ1v) is 10.3. The van der Waals surface area contributed by atoms with E-state index in [1.807, 2.05) is 26.0 Å². The van der Waals surface area contributed by atoms with Gasteiger partial charge in [-0.25, -0.2) is 9.50 Å². The van der Waals surface area contributed by atoms with E-state index < -0.39 is 11.4 Å². The summed E-state index contributed by atoms with van der Waals surface area (Å²) in [5, 5.41) is 30.0. The molecule has 1 saturated heterocycles. The van der Waals surface area contributed by atoms with Gasteiger partial charge >= 0.3 is 5.97 Å². The monoisotopic (exact) mass is 433 g/mol. The van der Waals surface area contributed by atoms with Gasteiger partial charge in [0.15, 0.2) is 17.2 Å². The summed E-state index contributed by atoms with van der Waals surface area (Å²) in [7, 11) is 0. The number of rotatable bonds is 6. The summed E-state index contributed by atoms with van der Waals surface area (Å²) in [6, 6.07) is 5.89. The van der Waals surface area contributed by atoms with Gasteiger partial charge in [0.05, 0.1) is 11.6 Å². The molecule has 31 heavy (non-hydrogen) atoms. The molecule has 0 saturated carbocycles. The second kappa shape index (κ2) is 10.0. The van der Waals surface area contributed by atoms with Crippen LogP contribution in [0.4, 0.5) is 5.82 Å². The van der Waals surface area contributed by atoms with Crippen molar-refractivity contribution in [3.8, 4) is 6.07 Å². The number of esters is 1. The van der Waals surface area contributed by atoms with Crippen LogP contribution in [0.25, 0.3) is 5.52 Å². The maximum Gasteiger partial charge on any atom is 0.309 e. The Bertz CT molecular complexity index is 922. The molecule has 0 radical (unpaired) electrons. The molecular formula is C21H31N5O5. The van der Waals surface area contributed by atoms with Gasteiger partial charge in [0.1, 0.15) is 30.6 Å². The molecule has 0 aliphatic carbocycles. The van der Waals surface area contributed by atoms with Gasteiger partial charge in [-0.3, -0.25) is 4.79 Å². The van der Waals surface area contributed by atoms with Crippen LogP contribution < -0.4 is 5.73 Å². The number of fused-ring (bicyclic) bond motifs is 1. The van der Waals surface area contributed by atoms with Gasteiger partial charge in [-0.2, -0.15) is 10.4 Å². The van der Waals surface area contributed by atoms with E-state index in [1.165, 1.54) is 20.2 Å². The van der Waals surface area contributed by atoms with Gasteiger partial charge in [-0.1, -0.05) is 13.8 Å². The summed E-state index contributed by atoms with van der Waals surface area (Å²) in [6.07, 6.45) is 3.61. The number of anilines is 1. The zero-order valence-electron chi connectivity index (χ0n) is 18.4. The fraction of sp³-hybridized carbons (Fsp3) is 0.619. The molecule has 0 unspecified atom stereocenters. The van der Waals surface area contributed by atoms with E-state index in [9.17, 15) is 10.1 Å². The smallest absolute Gasteiger partial charge is 0.309 e. The average Bonchev–Trinajstić information content (AvgIpc) is 3.31. The van der Waals surface area contributed by atoms with E-state index in [2.05, 4.69) is 16.2 Å². The van der Waals surface area contributed by atoms with Crippen LogP contribution in [0.1, 0.15) is 65.2 Å². The van der Waals surface area contributed by atoms with Gasteiger partial charge in [-0.15, -0.1) is 0 Å². The Hall–Kier alpha value is -2.74. The number of ether oxygens (including phenoxy) is 2. The van der Waals surface area contributed by atoms with Gasteiger partial charge in [0.2, 0.25) is 0 Å². The highest BCUT2D eigenvalue weighted by Crippen LogP contribution is 2.40. The van der Waals surface area contributed by atoms with Gasteiger partial charge < -0.3 is 25.4 Å². The lowest BCUT2D eigenvalue weighted by Crippen LogP contribution is -2.34. The zero-order valence-corrected chi connectivity index (χ0v) is 18.4. The lowest BCUT2D eigenvalue weighted by Gasteiger charge is -2.22. The fourth-order valence-electron chi connectivity index (χ4n) is 3.33. The largest absolute Gasteiger partial charge is 0.461 e. The van der Waals surface area contributed by atoms with Gasteiger partial charge in [0.25, 0.3) is 0 Å². The number of nitrogens with two attached hydrogens (primary N) is 1. The van der Waals surface area contributed by atoms with Crippen molar-refractivity contribution in [3.63, 3.8) is 0 Å². The van der Waals surface area contributed by atoms with E-state index in [1.54, 1.807) is 4.52 Å². The third kappa shape index (κ3) is 6.37. The summed E-state index contributed by atoms with van der Waals surface area (Å²) >= 11 is 0. The lowest BCUT2D eigenvalue weighted by molar-refractivity contribution is -0.156. The van der Waals surface area contributed by atoms with Crippen LogP contribution >= 0.6 is 0 Å². The highest BCUT2D eigenvalue weighted by atomic mass is 16.6. The molecule has 0 spiro atoms. The normalized spacial score (nSPS) is 20.9. The maximum absolute atomic E-state index is 12.1. The number of aromatic nitrogens is 3. The van der Waals surface area contributed by atoms with Crippen LogP contribution in [0.5, 0.6) is 0 Å². The number of nitrogens with zero attached hydrogens (tertiary/aromatic N) is 4. The quantitative estimate of drug-likeness (QED) is 0.458. The van der Waals surface area contributed by atoms with Crippen molar-refractivity contribution in [2.75, 3.05) is 12.3 Å². The summed E-state index contributed by atoms with van der Waals surface area (Å²) in [6.45, 7) is 6.43. The molecule has 0 bridgehead atoms. The summed E-state index contributed by atoms with van der Waals surface area (Å²) in [5.74, 6) is -1.53. The standard InChI is InChI=1S/C18H23N5O3.C3H8O2/c1-3-12(4-2)17(24)25-10-18(9-19)8-7-15(26-18)13-5-6-14-16(20)21-11-22-23(13)14;1-3(2,4)5/h5-6,11-12,15H,3-4,7-8,10H2,1-2H3,(H2,20,21,22);4-5H,1-2H3/t15-,18-;/m1./s1. The molecule has 10 heteroatoms. The van der Waals surface area contributed by atoms with E-state index in [0.29, 0.717) is 24.2 Å². The lowest BCUT2D eigenvalue weighted by atomic mass is 10.0. The molecule has 4 N–H and O–H groups in total. The number of carbonyl (C=O) groups excluding carboxylic acids is 1. The molecule has 10 nitrogen and oxygen atoms in total. The third-order valence-electron chi connectivity index (χ3n) is 4.99. The predicted octanol–water partition coefficient (Wildman–Crippen LogP) is 2.11. The molecule has 170 valence electrons. The van der Waals surface area contributed by atoms with Crippen molar-refractivity contribution < 1.29 is 24.5 Å². The molecule has 1 fully saturated rings. The van der Waals surface area contributed by atoms with Gasteiger partial charge in [-0.05, 0) is 51.7 Å². The van der Waals surface area contributed by atoms with Crippen molar-refractivity contribution in [1.29, 1.82) is 5.26 Å². The van der Waals surface area contributed by atoms with E-state index >= 15 is 0 Å². The van der Waals surface area contributed by atoms with Crippen molar-refractivity contribution in [3.05, 3.63) is 24.2 Å². The average molecular weight is 434 g/mol. The topological polar surface area (TPSA) is 156 Å². The van der Waals surface area contributed by atoms with E-state index in [4.69, 9.17) is 25.4 Å². The molecule has 0 amide bonds. The molecule has 3 heterocycles. The second-order valence-corrected chi connectivity index (χ2v) is 8.07. The third-order valence-corrected chi connectivity index (χ3v) is 4.99. The minimum atomic E-state index is -1.50. The van der Waals surface area contributed by atoms with Crippen molar-refractivity contribution >= 4 is 17.3 Å². The maximum atomic E-state index is 12.1. The number of hydrogen-bond donors (Lipinski definition) is 3. The molecule has 1 aliphatic heterocycles. The minimum Gasteiger partial charge on any atom is -0.461 e. The minimum absolute atomic E-state index is 0.0598. The summed E-state index contributed by atoms with van der Waals surface area (Å²) in [5.41, 5.74) is 6.23. The van der Waals surface area contributed by atoms with Crippen LogP contribution in [0.3, 0.4) is 0 Å². The summed E-state index contributed by atoms with van der Waals surface area (Å²) < 4.78 is 13.1. The van der Waals surface area contributed by atoms with Crippen LogP contribution in [-0.4, -0.2) is 48.8 Å². The van der Waals surface area contributed by atoms with Crippen molar-refractivity contribution in [2.45, 2.75) is 70.9 Å². The first kappa shape index (κ1) is 24.5. The van der Waals surface area contributed by atoms with Crippen LogP contribution in [0.2, 0.25) is 0 Å². The number of nitriles is 1. The first-order valence-electron chi connectivity index (χ1n) is 10.3. The number of aliphatic hydroxyl groups is 2. The number of nitrogen functional groups attached to an aromatic ring is 1. The number of carbonyl (C=O) groups is 1. The predicted molar refractivity (Wildman–Crippen MR) is 112 cm³/mol. The number of hydrogen-bond acceptors (Lipinski definition) is 9. The Morgan fingerprint density at radius 1 is 1.45 bits per heavy atom. The molecule has 2 atom stereocenters. The SMILES string of the molecule is CC(C)(O)O.CCC(CC)C(=O)OC[C@]1(C#N)CC[C@H](c2ccc3c(N)ncnn23)O1. The Kier molecular flexibility index (Phi) is 7.95. The van der Waals surface area contributed by atoms with E-state index in [-0.39, 0.29) is 24.6 Å². The molecule has 1 aliphatic rings. The second-order valence-electron chi connectivity index (χ2n) is 8.07. The molecular weight excluding hydrogens is 402 g/mol. The zero-order chi connectivity index (χ0) is 23.2. The Morgan fingerprint density at radius 2 is 2.10 bits per heavy atom. The van der Waals surface area contributed by atoms with Crippen LogP contribution in [0.15, 0.2) is 18.5 Å².